The van der Waals surface area contributed by atoms with Crippen LogP contribution in [0, 0.1) is 0 Å². The van der Waals surface area contributed by atoms with E-state index in [-0.39, 0.29) is 31.6 Å². The second-order valence-electron chi connectivity index (χ2n) is 19.8. The highest BCUT2D eigenvalue weighted by atomic mass is 16.6. The van der Waals surface area contributed by atoms with Gasteiger partial charge < -0.3 is 14.2 Å². The highest BCUT2D eigenvalue weighted by Crippen LogP contribution is 2.14. The molecular weight excluding hydrogens is 937 g/mol. The molecule has 6 nitrogen and oxygen atoms in total. The zero-order chi connectivity index (χ0) is 55.0. The SMILES string of the molecule is CC/C=C\C/C=C\C/C=C\C/C=C\C/C=C\C/C=C\CCC(=O)OC(COC(=O)CCCCCCC/C=C\C/C=C\CCCCCC)COC(=O)CCCCCCCCCCCC/C=C\C/C=C\C/C=C\C/C=C\CC. The molecule has 0 aromatic carbocycles. The van der Waals surface area contributed by atoms with Gasteiger partial charge in [-0.2, -0.15) is 0 Å². The largest absolute Gasteiger partial charge is 0.462 e. The molecule has 428 valence electrons. The lowest BCUT2D eigenvalue weighted by atomic mass is 10.1. The van der Waals surface area contributed by atoms with E-state index in [9.17, 15) is 14.4 Å². The summed E-state index contributed by atoms with van der Waals surface area (Å²) in [4.78, 5) is 38.3. The number of esters is 3. The van der Waals surface area contributed by atoms with Gasteiger partial charge in [-0.25, -0.2) is 0 Å². The van der Waals surface area contributed by atoms with Crippen LogP contribution in [0.3, 0.4) is 0 Å². The average molecular weight is 1050 g/mol. The lowest BCUT2D eigenvalue weighted by Gasteiger charge is -2.18. The molecule has 0 saturated carbocycles. The van der Waals surface area contributed by atoms with E-state index >= 15 is 0 Å². The van der Waals surface area contributed by atoms with Crippen LogP contribution in [0.5, 0.6) is 0 Å². The minimum atomic E-state index is -0.834. The third kappa shape index (κ3) is 60.2. The van der Waals surface area contributed by atoms with E-state index in [1.807, 2.05) is 12.2 Å². The molecule has 0 spiro atoms. The highest BCUT2D eigenvalue weighted by molar-refractivity contribution is 5.71. The molecular formula is C70H112O6. The first kappa shape index (κ1) is 71.3. The molecule has 1 atom stereocenters. The van der Waals surface area contributed by atoms with Crippen LogP contribution < -0.4 is 0 Å². The number of ether oxygens (including phenoxy) is 3. The van der Waals surface area contributed by atoms with Crippen molar-refractivity contribution >= 4 is 17.9 Å². The summed E-state index contributed by atoms with van der Waals surface area (Å²) in [5.41, 5.74) is 0. The van der Waals surface area contributed by atoms with Crippen LogP contribution in [0.2, 0.25) is 0 Å². The Morgan fingerprint density at radius 1 is 0.276 bits per heavy atom. The summed E-state index contributed by atoms with van der Waals surface area (Å²) < 4.78 is 16.8. The van der Waals surface area contributed by atoms with Crippen LogP contribution in [-0.2, 0) is 28.6 Å². The number of unbranched alkanes of at least 4 members (excludes halogenated alkanes) is 19. The zero-order valence-corrected chi connectivity index (χ0v) is 49.0. The fourth-order valence-corrected chi connectivity index (χ4v) is 8.02. The van der Waals surface area contributed by atoms with Gasteiger partial charge >= 0.3 is 17.9 Å². The Hall–Kier alpha value is -4.71. The number of allylic oxidation sites excluding steroid dienone is 24. The van der Waals surface area contributed by atoms with Crippen molar-refractivity contribution in [3.63, 3.8) is 0 Å². The maximum atomic E-state index is 12.9. The summed E-state index contributed by atoms with van der Waals surface area (Å²) in [5, 5.41) is 0. The number of hydrogen-bond acceptors (Lipinski definition) is 6. The molecule has 0 aliphatic carbocycles. The first-order valence-corrected chi connectivity index (χ1v) is 30.8. The Balaban J connectivity index is 4.51. The van der Waals surface area contributed by atoms with Crippen LogP contribution in [0.4, 0.5) is 0 Å². The van der Waals surface area contributed by atoms with Gasteiger partial charge in [0.2, 0.25) is 0 Å². The molecule has 6 heteroatoms. The van der Waals surface area contributed by atoms with Crippen LogP contribution in [0.15, 0.2) is 146 Å². The fourth-order valence-electron chi connectivity index (χ4n) is 8.02. The summed E-state index contributed by atoms with van der Waals surface area (Å²) in [6, 6.07) is 0. The summed E-state index contributed by atoms with van der Waals surface area (Å²) >= 11 is 0. The predicted octanol–water partition coefficient (Wildman–Crippen LogP) is 21.2. The quantitative estimate of drug-likeness (QED) is 0.0261. The molecule has 0 radical (unpaired) electrons. The van der Waals surface area contributed by atoms with E-state index in [2.05, 4.69) is 154 Å². The van der Waals surface area contributed by atoms with Crippen molar-refractivity contribution in [3.8, 4) is 0 Å². The second kappa shape index (κ2) is 62.8. The van der Waals surface area contributed by atoms with Gasteiger partial charge in [-0.15, -0.1) is 0 Å². The van der Waals surface area contributed by atoms with Gasteiger partial charge in [0.15, 0.2) is 6.10 Å². The van der Waals surface area contributed by atoms with Crippen molar-refractivity contribution < 1.29 is 28.6 Å². The van der Waals surface area contributed by atoms with Crippen molar-refractivity contribution in [1.82, 2.24) is 0 Å². The molecule has 0 saturated heterocycles. The first-order valence-electron chi connectivity index (χ1n) is 30.8. The van der Waals surface area contributed by atoms with Crippen molar-refractivity contribution in [1.29, 1.82) is 0 Å². The normalized spacial score (nSPS) is 13.1. The highest BCUT2D eigenvalue weighted by Gasteiger charge is 2.19. The van der Waals surface area contributed by atoms with Crippen LogP contribution in [0.25, 0.3) is 0 Å². The molecule has 0 N–H and O–H groups in total. The summed E-state index contributed by atoms with van der Waals surface area (Å²) in [5.74, 6) is -1.02. The Morgan fingerprint density at radius 3 is 0.855 bits per heavy atom. The number of rotatable bonds is 54. The third-order valence-corrected chi connectivity index (χ3v) is 12.6. The van der Waals surface area contributed by atoms with Gasteiger partial charge in [-0.05, 0) is 128 Å². The Morgan fingerprint density at radius 2 is 0.539 bits per heavy atom. The zero-order valence-electron chi connectivity index (χ0n) is 49.0. The van der Waals surface area contributed by atoms with Crippen LogP contribution >= 0.6 is 0 Å². The van der Waals surface area contributed by atoms with E-state index in [1.54, 1.807) is 0 Å². The number of carbonyl (C=O) groups excluding carboxylic acids is 3. The van der Waals surface area contributed by atoms with E-state index in [1.165, 1.54) is 83.5 Å². The Bertz CT molecular complexity index is 1680. The maximum Gasteiger partial charge on any atom is 0.306 e. The predicted molar refractivity (Wildman–Crippen MR) is 329 cm³/mol. The molecule has 0 amide bonds. The Labute approximate surface area is 467 Å². The molecule has 0 aliphatic heterocycles. The first-order chi connectivity index (χ1) is 37.5. The second-order valence-corrected chi connectivity index (χ2v) is 19.8. The third-order valence-electron chi connectivity index (χ3n) is 12.6. The van der Waals surface area contributed by atoms with Gasteiger partial charge in [0.25, 0.3) is 0 Å². The van der Waals surface area contributed by atoms with E-state index in [0.717, 1.165) is 128 Å². The minimum Gasteiger partial charge on any atom is -0.462 e. The number of carbonyl (C=O) groups is 3. The molecule has 0 aliphatic rings. The monoisotopic (exact) mass is 1050 g/mol. The smallest absolute Gasteiger partial charge is 0.306 e. The summed E-state index contributed by atoms with van der Waals surface area (Å²) in [7, 11) is 0. The van der Waals surface area contributed by atoms with Crippen molar-refractivity contribution in [2.45, 2.75) is 264 Å². The van der Waals surface area contributed by atoms with E-state index < -0.39 is 12.1 Å². The van der Waals surface area contributed by atoms with Crippen LogP contribution in [-0.4, -0.2) is 37.2 Å². The lowest BCUT2D eigenvalue weighted by molar-refractivity contribution is -0.166. The van der Waals surface area contributed by atoms with Gasteiger partial charge in [-0.3, -0.25) is 14.4 Å². The molecule has 0 aromatic heterocycles. The standard InChI is InChI=1S/C70H112O6/c1-4-7-10-13-16-19-22-25-28-31-33-34-35-36-38-39-42-45-48-51-54-57-60-63-69(72)75-66-67(65-74-68(71)62-59-56-53-50-47-44-41-30-27-24-21-18-15-12-9-6-3)76-70(73)64-61-58-55-52-49-46-43-40-37-32-29-26-23-20-17-14-11-8-5-2/h7-8,10-11,16-17,19-21,24-26,28-30,33-34,37,40-41,46,49,55,58,67H,4-6,9,12-15,18,22-23,27,31-32,35-36,38-39,42-45,47-48,50-54,56-57,59-66H2,1-3H3/b10-7-,11-8-,19-16-,20-17-,24-21-,28-25-,29-26-,34-33-,40-37-,41-30-,49-46-,58-55-. The summed E-state index contributed by atoms with van der Waals surface area (Å²) in [6.07, 6.45) is 90.0. The minimum absolute atomic E-state index is 0.120. The van der Waals surface area contributed by atoms with Crippen molar-refractivity contribution in [2.75, 3.05) is 13.2 Å². The molecule has 0 bridgehead atoms. The molecule has 0 rings (SSSR count). The van der Waals surface area contributed by atoms with Crippen LogP contribution in [0.1, 0.15) is 258 Å². The molecule has 0 aromatic rings. The van der Waals surface area contributed by atoms with Gasteiger partial charge in [0.1, 0.15) is 13.2 Å². The topological polar surface area (TPSA) is 78.9 Å². The van der Waals surface area contributed by atoms with Gasteiger partial charge in [-0.1, -0.05) is 256 Å². The molecule has 0 fully saturated rings. The fraction of sp³-hybridized carbons (Fsp3) is 0.614. The average Bonchev–Trinajstić information content (AvgIpc) is 3.42. The maximum absolute atomic E-state index is 12.9. The number of hydrogen-bond donors (Lipinski definition) is 0. The Kier molecular flexibility index (Phi) is 58.9. The van der Waals surface area contributed by atoms with E-state index in [4.69, 9.17) is 14.2 Å². The van der Waals surface area contributed by atoms with Gasteiger partial charge in [0.05, 0.1) is 0 Å². The summed E-state index contributed by atoms with van der Waals surface area (Å²) in [6.45, 7) is 6.32. The van der Waals surface area contributed by atoms with Crippen molar-refractivity contribution in [3.05, 3.63) is 146 Å². The molecule has 76 heavy (non-hydrogen) atoms. The van der Waals surface area contributed by atoms with Gasteiger partial charge in [0, 0.05) is 19.3 Å². The van der Waals surface area contributed by atoms with E-state index in [0.29, 0.717) is 19.3 Å². The lowest BCUT2D eigenvalue weighted by Crippen LogP contribution is -2.30. The molecule has 1 unspecified atom stereocenters. The van der Waals surface area contributed by atoms with Crippen molar-refractivity contribution in [2.24, 2.45) is 0 Å². The molecule has 0 heterocycles.